The van der Waals surface area contributed by atoms with Gasteiger partial charge in [0.1, 0.15) is 0 Å². The molecule has 1 aliphatic rings. The van der Waals surface area contributed by atoms with Crippen LogP contribution in [0.3, 0.4) is 0 Å². The van der Waals surface area contributed by atoms with Crippen molar-refractivity contribution in [1.29, 1.82) is 0 Å². The topological polar surface area (TPSA) is 12.9 Å². The fourth-order valence-corrected chi connectivity index (χ4v) is 7.16. The van der Waals surface area contributed by atoms with Crippen LogP contribution in [-0.4, -0.2) is 4.98 Å². The molecule has 0 saturated carbocycles. The number of hydrogen-bond donors (Lipinski definition) is 0. The first-order valence-corrected chi connectivity index (χ1v) is 14.6. The molecule has 0 amide bonds. The van der Waals surface area contributed by atoms with Gasteiger partial charge in [-0.2, -0.15) is 0 Å². The third kappa shape index (κ3) is 3.45. The number of rotatable bonds is 1. The van der Waals surface area contributed by atoms with E-state index >= 15 is 0 Å². The molecule has 0 aliphatic heterocycles. The van der Waals surface area contributed by atoms with Gasteiger partial charge in [-0.15, -0.1) is 0 Å². The predicted octanol–water partition coefficient (Wildman–Crippen LogP) is 11.0. The Balaban J connectivity index is 1.42. The van der Waals surface area contributed by atoms with Gasteiger partial charge in [0.15, 0.2) is 0 Å². The average Bonchev–Trinajstić information content (AvgIpc) is 3.22. The van der Waals surface area contributed by atoms with E-state index in [9.17, 15) is 0 Å². The third-order valence-electron chi connectivity index (χ3n) is 9.43. The van der Waals surface area contributed by atoms with Crippen molar-refractivity contribution in [2.24, 2.45) is 0 Å². The van der Waals surface area contributed by atoms with E-state index in [1.54, 1.807) is 0 Å². The molecule has 0 saturated heterocycles. The summed E-state index contributed by atoms with van der Waals surface area (Å²) in [6.45, 7) is 11.6. The first kappa shape index (κ1) is 24.3. The first-order valence-electron chi connectivity index (χ1n) is 14.6. The number of fused-ring (bicyclic) bond motifs is 11. The van der Waals surface area contributed by atoms with Crippen LogP contribution in [0, 0.1) is 0 Å². The maximum atomic E-state index is 4.94. The third-order valence-corrected chi connectivity index (χ3v) is 9.43. The molecule has 1 heterocycles. The molecule has 0 N–H and O–H groups in total. The highest BCUT2D eigenvalue weighted by atomic mass is 14.7. The summed E-state index contributed by atoms with van der Waals surface area (Å²) in [7, 11) is 0. The fourth-order valence-electron chi connectivity index (χ4n) is 7.16. The Morgan fingerprint density at radius 2 is 1.22 bits per heavy atom. The van der Waals surface area contributed by atoms with Crippen molar-refractivity contribution in [2.45, 2.75) is 45.4 Å². The van der Waals surface area contributed by atoms with Gasteiger partial charge in [0.25, 0.3) is 0 Å². The molecular formula is C40H33N. The molecule has 0 spiro atoms. The van der Waals surface area contributed by atoms with E-state index in [1.807, 2.05) is 6.20 Å². The van der Waals surface area contributed by atoms with Crippen LogP contribution in [0.1, 0.15) is 51.3 Å². The van der Waals surface area contributed by atoms with Crippen LogP contribution < -0.4 is 0 Å². The second-order valence-corrected chi connectivity index (χ2v) is 13.3. The van der Waals surface area contributed by atoms with E-state index in [-0.39, 0.29) is 10.8 Å². The zero-order chi connectivity index (χ0) is 28.1. The molecule has 1 aliphatic carbocycles. The lowest BCUT2D eigenvalue weighted by atomic mass is 9.81. The van der Waals surface area contributed by atoms with Crippen LogP contribution in [0.15, 0.2) is 109 Å². The van der Waals surface area contributed by atoms with Gasteiger partial charge in [-0.1, -0.05) is 126 Å². The minimum absolute atomic E-state index is 0.0808. The van der Waals surface area contributed by atoms with Crippen molar-refractivity contribution in [2.75, 3.05) is 0 Å². The molecule has 6 aromatic carbocycles. The molecule has 0 bridgehead atoms. The van der Waals surface area contributed by atoms with Gasteiger partial charge in [0, 0.05) is 22.6 Å². The molecule has 1 heteroatoms. The van der Waals surface area contributed by atoms with Gasteiger partial charge >= 0.3 is 0 Å². The molecule has 198 valence electrons. The van der Waals surface area contributed by atoms with E-state index < -0.39 is 0 Å². The molecule has 0 radical (unpaired) electrons. The fraction of sp³-hybridized carbons (Fsp3) is 0.175. The van der Waals surface area contributed by atoms with Crippen LogP contribution in [0.5, 0.6) is 0 Å². The average molecular weight is 528 g/mol. The van der Waals surface area contributed by atoms with Crippen molar-refractivity contribution in [3.05, 3.63) is 126 Å². The monoisotopic (exact) mass is 527 g/mol. The van der Waals surface area contributed by atoms with E-state index in [0.29, 0.717) is 0 Å². The Morgan fingerprint density at radius 1 is 0.585 bits per heavy atom. The van der Waals surface area contributed by atoms with Crippen molar-refractivity contribution in [3.63, 3.8) is 0 Å². The summed E-state index contributed by atoms with van der Waals surface area (Å²) < 4.78 is 0. The van der Waals surface area contributed by atoms with Crippen molar-refractivity contribution in [3.8, 4) is 22.4 Å². The second kappa shape index (κ2) is 8.27. The Labute approximate surface area is 241 Å². The first-order chi connectivity index (χ1) is 19.7. The summed E-state index contributed by atoms with van der Waals surface area (Å²) in [5.74, 6) is 0. The molecule has 0 atom stereocenters. The minimum atomic E-state index is -0.0808. The predicted molar refractivity (Wildman–Crippen MR) is 176 cm³/mol. The molecule has 7 aromatic rings. The van der Waals surface area contributed by atoms with Gasteiger partial charge in [-0.25, -0.2) is 0 Å². The highest BCUT2D eigenvalue weighted by molar-refractivity contribution is 6.29. The van der Waals surface area contributed by atoms with Crippen LogP contribution in [0.2, 0.25) is 0 Å². The summed E-state index contributed by atoms with van der Waals surface area (Å²) in [5.41, 5.74) is 9.05. The Bertz CT molecular complexity index is 2170. The molecular weight excluding hydrogens is 494 g/mol. The molecule has 0 unspecified atom stereocenters. The minimum Gasteiger partial charge on any atom is -0.256 e. The second-order valence-electron chi connectivity index (χ2n) is 13.3. The summed E-state index contributed by atoms with van der Waals surface area (Å²) >= 11 is 0. The van der Waals surface area contributed by atoms with Gasteiger partial charge < -0.3 is 0 Å². The van der Waals surface area contributed by atoms with E-state index in [1.165, 1.54) is 70.9 Å². The van der Waals surface area contributed by atoms with Crippen molar-refractivity contribution < 1.29 is 0 Å². The lowest BCUT2D eigenvalue weighted by Gasteiger charge is -2.22. The van der Waals surface area contributed by atoms with E-state index in [2.05, 4.69) is 138 Å². The number of hydrogen-bond acceptors (Lipinski definition) is 1. The summed E-state index contributed by atoms with van der Waals surface area (Å²) in [6, 6.07) is 38.5. The smallest absolute Gasteiger partial charge is 0.0708 e. The normalized spacial score (nSPS) is 14.2. The molecule has 8 rings (SSSR count). The lowest BCUT2D eigenvalue weighted by Crippen LogP contribution is -2.14. The molecule has 1 aromatic heterocycles. The molecule has 41 heavy (non-hydrogen) atoms. The largest absolute Gasteiger partial charge is 0.256 e. The number of nitrogens with zero attached hydrogens (tertiary/aromatic N) is 1. The standard InChI is InChI=1S/C40H33N/c1-39(2,3)27-16-14-25-23-41-36(22-26(25)20-27)24-15-18-34-33(21-24)38-35(40(34,4)5)19-17-32-30-12-7-6-10-28(30)29-11-8-9-13-31(29)37(32)38/h6-23H,1-5H3. The van der Waals surface area contributed by atoms with Crippen LogP contribution in [-0.2, 0) is 10.8 Å². The molecule has 1 nitrogen and oxygen atoms in total. The van der Waals surface area contributed by atoms with Gasteiger partial charge in [0.05, 0.1) is 5.69 Å². The van der Waals surface area contributed by atoms with E-state index in [0.717, 1.165) is 11.3 Å². The number of pyridine rings is 1. The summed E-state index contributed by atoms with van der Waals surface area (Å²) in [4.78, 5) is 4.94. The zero-order valence-electron chi connectivity index (χ0n) is 24.3. The van der Waals surface area contributed by atoms with Gasteiger partial charge in [-0.3, -0.25) is 4.98 Å². The van der Waals surface area contributed by atoms with Crippen molar-refractivity contribution in [1.82, 2.24) is 4.98 Å². The van der Waals surface area contributed by atoms with Gasteiger partial charge in [0.2, 0.25) is 0 Å². The Hall–Kier alpha value is -4.49. The van der Waals surface area contributed by atoms with Crippen LogP contribution in [0.4, 0.5) is 0 Å². The highest BCUT2D eigenvalue weighted by Crippen LogP contribution is 2.54. The summed E-state index contributed by atoms with van der Waals surface area (Å²) in [5, 5.41) is 10.4. The highest BCUT2D eigenvalue weighted by Gasteiger charge is 2.37. The quantitative estimate of drug-likeness (QED) is 0.193. The maximum absolute atomic E-state index is 4.94. The Morgan fingerprint density at radius 3 is 1.93 bits per heavy atom. The SMILES string of the molecule is CC(C)(C)c1ccc2cnc(-c3ccc4c(c3)-c3c(ccc5c6ccccc6c6ccccc6c35)C4(C)C)cc2c1. The number of aromatic nitrogens is 1. The number of benzene rings is 6. The Kier molecular flexibility index (Phi) is 4.91. The van der Waals surface area contributed by atoms with Crippen LogP contribution >= 0.6 is 0 Å². The maximum Gasteiger partial charge on any atom is 0.0708 e. The van der Waals surface area contributed by atoms with E-state index in [4.69, 9.17) is 4.98 Å². The van der Waals surface area contributed by atoms with Crippen LogP contribution in [0.25, 0.3) is 65.5 Å². The van der Waals surface area contributed by atoms with Crippen molar-refractivity contribution >= 4 is 43.1 Å². The summed E-state index contributed by atoms with van der Waals surface area (Å²) in [6.07, 6.45) is 2.03. The zero-order valence-corrected chi connectivity index (χ0v) is 24.3. The lowest BCUT2D eigenvalue weighted by molar-refractivity contribution is 0.591. The molecule has 0 fully saturated rings. The van der Waals surface area contributed by atoms with Gasteiger partial charge in [-0.05, 0) is 83.1 Å².